The first-order chi connectivity index (χ1) is 6.20. The molecule has 1 rings (SSSR count). The van der Waals surface area contributed by atoms with Gasteiger partial charge in [-0.15, -0.1) is 0 Å². The zero-order chi connectivity index (χ0) is 9.68. The molecule has 0 aliphatic carbocycles. The third kappa shape index (κ3) is 4.02. The first-order valence-electron chi connectivity index (χ1n) is 4.76. The van der Waals surface area contributed by atoms with Gasteiger partial charge in [0.15, 0.2) is 0 Å². The van der Waals surface area contributed by atoms with Gasteiger partial charge in [0.1, 0.15) is 0 Å². The highest BCUT2D eigenvalue weighted by Crippen LogP contribution is 2.10. The van der Waals surface area contributed by atoms with E-state index in [4.69, 9.17) is 22.7 Å². The van der Waals surface area contributed by atoms with Crippen LogP contribution in [0.3, 0.4) is 0 Å². The minimum Gasteiger partial charge on any atom is -0.393 e. The maximum atomic E-state index is 5.42. The Morgan fingerprint density at radius 1 is 1.69 bits per heavy atom. The summed E-state index contributed by atoms with van der Waals surface area (Å²) in [5, 5.41) is 0. The molecule has 3 nitrogen and oxygen atoms in total. The molecule has 0 amide bonds. The Labute approximate surface area is 85.2 Å². The van der Waals surface area contributed by atoms with Gasteiger partial charge in [-0.3, -0.25) is 0 Å². The van der Waals surface area contributed by atoms with Crippen molar-refractivity contribution in [1.82, 2.24) is 4.90 Å². The topological polar surface area (TPSA) is 38.5 Å². The molecule has 1 unspecified atom stereocenters. The van der Waals surface area contributed by atoms with Crippen molar-refractivity contribution in [2.45, 2.75) is 25.3 Å². The molecular weight excluding hydrogens is 184 g/mol. The van der Waals surface area contributed by atoms with Crippen molar-refractivity contribution in [2.75, 3.05) is 26.8 Å². The van der Waals surface area contributed by atoms with Crippen molar-refractivity contribution in [3.63, 3.8) is 0 Å². The summed E-state index contributed by atoms with van der Waals surface area (Å²) in [4.78, 5) is 2.96. The first kappa shape index (κ1) is 10.9. The second-order valence-electron chi connectivity index (χ2n) is 3.57. The molecule has 2 N–H and O–H groups in total. The van der Waals surface area contributed by atoms with E-state index >= 15 is 0 Å². The molecule has 0 aromatic heterocycles. The highest BCUT2D eigenvalue weighted by molar-refractivity contribution is 7.80. The second kappa shape index (κ2) is 5.52. The predicted molar refractivity (Wildman–Crippen MR) is 57.9 cm³/mol. The monoisotopic (exact) mass is 202 g/mol. The minimum atomic E-state index is 0.603. The van der Waals surface area contributed by atoms with Crippen LogP contribution in [-0.4, -0.2) is 42.7 Å². The molecule has 1 saturated heterocycles. The lowest BCUT2D eigenvalue weighted by molar-refractivity contribution is 0.159. The van der Waals surface area contributed by atoms with Gasteiger partial charge < -0.3 is 15.4 Å². The standard InChI is InChI=1S/C9H18N2OS/c1-11(5-2-3-9(10)13)8-4-6-12-7-8/h8H,2-7H2,1H3,(H2,10,13). The van der Waals surface area contributed by atoms with Gasteiger partial charge in [0.2, 0.25) is 0 Å². The molecule has 0 spiro atoms. The molecule has 0 aromatic carbocycles. The second-order valence-corrected chi connectivity index (χ2v) is 4.09. The molecule has 76 valence electrons. The number of rotatable bonds is 5. The van der Waals surface area contributed by atoms with Crippen LogP contribution in [-0.2, 0) is 4.74 Å². The van der Waals surface area contributed by atoms with Gasteiger partial charge in [0.25, 0.3) is 0 Å². The quantitative estimate of drug-likeness (QED) is 0.668. The Balaban J connectivity index is 2.09. The normalized spacial score (nSPS) is 22.5. The Hall–Kier alpha value is -0.190. The summed E-state index contributed by atoms with van der Waals surface area (Å²) in [6.07, 6.45) is 3.07. The van der Waals surface area contributed by atoms with Crippen molar-refractivity contribution in [2.24, 2.45) is 5.73 Å². The summed E-state index contributed by atoms with van der Waals surface area (Å²) in [6.45, 7) is 2.85. The molecule has 1 fully saturated rings. The molecule has 13 heavy (non-hydrogen) atoms. The van der Waals surface area contributed by atoms with E-state index in [2.05, 4.69) is 11.9 Å². The Morgan fingerprint density at radius 2 is 2.46 bits per heavy atom. The van der Waals surface area contributed by atoms with Crippen molar-refractivity contribution in [3.8, 4) is 0 Å². The summed E-state index contributed by atoms with van der Waals surface area (Å²) in [7, 11) is 2.14. The van der Waals surface area contributed by atoms with E-state index < -0.39 is 0 Å². The van der Waals surface area contributed by atoms with Crippen LogP contribution >= 0.6 is 12.2 Å². The Kier molecular flexibility index (Phi) is 4.62. The third-order valence-electron chi connectivity index (χ3n) is 2.46. The molecule has 1 aliphatic heterocycles. The predicted octanol–water partition coefficient (Wildman–Crippen LogP) is 0.773. The van der Waals surface area contributed by atoms with Crippen molar-refractivity contribution >= 4 is 17.2 Å². The molecular formula is C9H18N2OS. The van der Waals surface area contributed by atoms with Gasteiger partial charge in [0, 0.05) is 12.6 Å². The lowest BCUT2D eigenvalue weighted by atomic mass is 10.2. The lowest BCUT2D eigenvalue weighted by Crippen LogP contribution is -2.33. The summed E-state index contributed by atoms with van der Waals surface area (Å²) in [6, 6.07) is 0.603. The lowest BCUT2D eigenvalue weighted by Gasteiger charge is -2.22. The van der Waals surface area contributed by atoms with E-state index in [1.165, 1.54) is 0 Å². The van der Waals surface area contributed by atoms with Crippen LogP contribution in [0.2, 0.25) is 0 Å². The average Bonchev–Trinajstić information content (AvgIpc) is 2.55. The molecule has 4 heteroatoms. The molecule has 0 aromatic rings. The summed E-state index contributed by atoms with van der Waals surface area (Å²) in [5.41, 5.74) is 5.42. The summed E-state index contributed by atoms with van der Waals surface area (Å²) >= 11 is 4.82. The van der Waals surface area contributed by atoms with Crippen LogP contribution < -0.4 is 5.73 Å². The van der Waals surface area contributed by atoms with Gasteiger partial charge >= 0.3 is 0 Å². The molecule has 1 atom stereocenters. The van der Waals surface area contributed by atoms with Gasteiger partial charge in [-0.25, -0.2) is 0 Å². The van der Waals surface area contributed by atoms with E-state index in [1.807, 2.05) is 0 Å². The van der Waals surface area contributed by atoms with Crippen LogP contribution in [0.15, 0.2) is 0 Å². The fraction of sp³-hybridized carbons (Fsp3) is 0.889. The zero-order valence-electron chi connectivity index (χ0n) is 8.16. The van der Waals surface area contributed by atoms with Crippen molar-refractivity contribution in [1.29, 1.82) is 0 Å². The summed E-state index contributed by atoms with van der Waals surface area (Å²) in [5.74, 6) is 0. The van der Waals surface area contributed by atoms with Crippen LogP contribution in [0, 0.1) is 0 Å². The first-order valence-corrected chi connectivity index (χ1v) is 5.17. The Bertz CT molecular complexity index is 169. The fourth-order valence-corrected chi connectivity index (χ4v) is 1.70. The molecule has 1 heterocycles. The number of ether oxygens (including phenoxy) is 1. The maximum Gasteiger partial charge on any atom is 0.0727 e. The largest absolute Gasteiger partial charge is 0.393 e. The number of nitrogens with two attached hydrogens (primary N) is 1. The van der Waals surface area contributed by atoms with Gasteiger partial charge in [-0.1, -0.05) is 12.2 Å². The highest BCUT2D eigenvalue weighted by Gasteiger charge is 2.19. The van der Waals surface area contributed by atoms with Crippen LogP contribution in [0.25, 0.3) is 0 Å². The van der Waals surface area contributed by atoms with Gasteiger partial charge in [0.05, 0.1) is 11.6 Å². The maximum absolute atomic E-state index is 5.42. The summed E-state index contributed by atoms with van der Waals surface area (Å²) < 4.78 is 5.31. The van der Waals surface area contributed by atoms with Crippen LogP contribution in [0.4, 0.5) is 0 Å². The van der Waals surface area contributed by atoms with Gasteiger partial charge in [-0.2, -0.15) is 0 Å². The molecule has 0 saturated carbocycles. The molecule has 0 radical (unpaired) electrons. The number of hydrogen-bond donors (Lipinski definition) is 1. The van der Waals surface area contributed by atoms with E-state index in [-0.39, 0.29) is 0 Å². The SMILES string of the molecule is CN(CCCC(N)=S)C1CCOC1. The van der Waals surface area contributed by atoms with Gasteiger partial charge in [-0.05, 0) is 32.9 Å². The van der Waals surface area contributed by atoms with Crippen LogP contribution in [0.1, 0.15) is 19.3 Å². The van der Waals surface area contributed by atoms with Crippen molar-refractivity contribution < 1.29 is 4.74 Å². The van der Waals surface area contributed by atoms with E-state index in [0.29, 0.717) is 11.0 Å². The van der Waals surface area contributed by atoms with E-state index in [9.17, 15) is 0 Å². The number of hydrogen-bond acceptors (Lipinski definition) is 3. The van der Waals surface area contributed by atoms with E-state index in [0.717, 1.165) is 39.0 Å². The smallest absolute Gasteiger partial charge is 0.0727 e. The Morgan fingerprint density at radius 3 is 3.00 bits per heavy atom. The molecule has 0 bridgehead atoms. The fourth-order valence-electron chi connectivity index (χ4n) is 1.55. The number of nitrogens with zero attached hydrogens (tertiary/aromatic N) is 1. The third-order valence-corrected chi connectivity index (χ3v) is 2.67. The minimum absolute atomic E-state index is 0.603. The van der Waals surface area contributed by atoms with E-state index in [1.54, 1.807) is 0 Å². The molecule has 1 aliphatic rings. The average molecular weight is 202 g/mol. The number of thiocarbonyl (C=S) groups is 1. The highest BCUT2D eigenvalue weighted by atomic mass is 32.1. The zero-order valence-corrected chi connectivity index (χ0v) is 8.98. The van der Waals surface area contributed by atoms with Crippen molar-refractivity contribution in [3.05, 3.63) is 0 Å². The number of likely N-dealkylation sites (N-methyl/N-ethyl adjacent to an activating group) is 1. The van der Waals surface area contributed by atoms with Crippen LogP contribution in [0.5, 0.6) is 0 Å².